The summed E-state index contributed by atoms with van der Waals surface area (Å²) in [5.41, 5.74) is 11.0. The predicted molar refractivity (Wildman–Crippen MR) is 103 cm³/mol. The van der Waals surface area contributed by atoms with Crippen LogP contribution in [0.15, 0.2) is 26.8 Å². The Balaban J connectivity index is 2.50. The lowest BCUT2D eigenvalue weighted by atomic mass is 10.4. The molecule has 1 rings (SSSR count). The van der Waals surface area contributed by atoms with Crippen LogP contribution in [-0.2, 0) is 10.0 Å². The third-order valence-electron chi connectivity index (χ3n) is 2.84. The molecule has 5 N–H and O–H groups in total. The fourth-order valence-corrected chi connectivity index (χ4v) is 2.88. The highest BCUT2D eigenvalue weighted by atomic mass is 32.2. The average Bonchev–Trinajstić information content (AvgIpc) is 2.55. The van der Waals surface area contributed by atoms with E-state index in [1.165, 1.54) is 28.9 Å². The van der Waals surface area contributed by atoms with Gasteiger partial charge in [0.05, 0.1) is 6.26 Å². The summed E-state index contributed by atoms with van der Waals surface area (Å²) in [6, 6.07) is 1.44. The zero-order valence-corrected chi connectivity index (χ0v) is 16.8. The van der Waals surface area contributed by atoms with Crippen LogP contribution in [0.5, 0.6) is 0 Å². The maximum absolute atomic E-state index is 12.1. The highest BCUT2D eigenvalue weighted by Crippen LogP contribution is 2.16. The molecule has 0 atom stereocenters. The third kappa shape index (κ3) is 10.8. The van der Waals surface area contributed by atoms with E-state index in [-0.39, 0.29) is 11.8 Å². The van der Waals surface area contributed by atoms with Crippen LogP contribution in [0.4, 0.5) is 19.0 Å². The van der Waals surface area contributed by atoms with Gasteiger partial charge >= 0.3 is 6.18 Å². The zero-order valence-electron chi connectivity index (χ0n) is 15.1. The molecule has 0 fully saturated rings. The van der Waals surface area contributed by atoms with Crippen molar-refractivity contribution >= 4 is 39.5 Å². The van der Waals surface area contributed by atoms with Crippen molar-refractivity contribution in [2.45, 2.75) is 17.8 Å². The Hall–Kier alpha value is -2.29. The summed E-state index contributed by atoms with van der Waals surface area (Å²) in [5, 5.41) is 2.85. The van der Waals surface area contributed by atoms with Gasteiger partial charge < -0.3 is 21.7 Å². The second-order valence-corrected chi connectivity index (χ2v) is 8.18. The molecule has 1 aromatic heterocycles. The number of hydrogen-bond donors (Lipinski definition) is 3. The minimum Gasteiger partial charge on any atom is -0.370 e. The van der Waals surface area contributed by atoms with Crippen molar-refractivity contribution in [2.75, 3.05) is 37.5 Å². The van der Waals surface area contributed by atoms with Crippen molar-refractivity contribution in [3.05, 3.63) is 12.3 Å². The zero-order chi connectivity index (χ0) is 21.4. The first kappa shape index (κ1) is 23.7. The highest BCUT2D eigenvalue weighted by molar-refractivity contribution is 7.99. The number of anilines is 1. The lowest BCUT2D eigenvalue weighted by molar-refractivity contribution is -0.118. The topological polar surface area (TPSA) is 152 Å². The molecule has 0 amide bonds. The molecular formula is C13H21F3N8O2S2. The van der Waals surface area contributed by atoms with E-state index in [9.17, 15) is 21.6 Å². The Labute approximate surface area is 164 Å². The summed E-state index contributed by atoms with van der Waals surface area (Å²) in [6.45, 7) is -0.940. The van der Waals surface area contributed by atoms with Gasteiger partial charge in [-0.2, -0.15) is 13.2 Å². The van der Waals surface area contributed by atoms with Crippen LogP contribution in [0.2, 0.25) is 0 Å². The van der Waals surface area contributed by atoms with Crippen LogP contribution in [0.25, 0.3) is 0 Å². The second-order valence-electron chi connectivity index (χ2n) is 5.47. The van der Waals surface area contributed by atoms with Crippen molar-refractivity contribution in [3.8, 4) is 0 Å². The van der Waals surface area contributed by atoms with Gasteiger partial charge in [0.25, 0.3) is 10.0 Å². The molecule has 0 bridgehead atoms. The molecule has 0 saturated carbocycles. The van der Waals surface area contributed by atoms with E-state index in [2.05, 4.69) is 24.7 Å². The summed E-state index contributed by atoms with van der Waals surface area (Å²) < 4.78 is 61.8. The van der Waals surface area contributed by atoms with Crippen LogP contribution >= 0.6 is 11.8 Å². The van der Waals surface area contributed by atoms with E-state index < -0.39 is 28.7 Å². The van der Waals surface area contributed by atoms with Crippen molar-refractivity contribution in [1.82, 2.24) is 14.9 Å². The average molecular weight is 442 g/mol. The monoisotopic (exact) mass is 442 g/mol. The molecule has 10 nitrogen and oxygen atoms in total. The van der Waals surface area contributed by atoms with Gasteiger partial charge in [0.15, 0.2) is 11.1 Å². The van der Waals surface area contributed by atoms with Crippen molar-refractivity contribution < 1.29 is 21.6 Å². The number of guanidine groups is 2. The number of halogens is 3. The number of sulfonamides is 1. The molecule has 0 aliphatic heterocycles. The number of hydrogen-bond acceptors (Lipinski definition) is 6. The summed E-state index contributed by atoms with van der Waals surface area (Å²) >= 11 is 1.30. The van der Waals surface area contributed by atoms with Crippen LogP contribution in [0.1, 0.15) is 6.42 Å². The molecule has 0 radical (unpaired) electrons. The molecule has 1 heterocycles. The smallest absolute Gasteiger partial charge is 0.370 e. The lowest BCUT2D eigenvalue weighted by Gasteiger charge is -2.16. The van der Waals surface area contributed by atoms with E-state index in [1.807, 2.05) is 0 Å². The van der Waals surface area contributed by atoms with Crippen molar-refractivity contribution in [3.63, 3.8) is 0 Å². The standard InChI is InChI=1S/C13H21F3N8O2S2/c1-24(11(18)23-28(2,25)26)6-3-7-27-12-19-5-4-9(22-12)21-10(17)20-8-13(14,15)16/h4-5H,3,6-8H2,1-2H3,(H2,18,23)(H3,17,19,20,21,22). The molecule has 15 heteroatoms. The van der Waals surface area contributed by atoms with Crippen LogP contribution in [0.3, 0.4) is 0 Å². The minimum atomic E-state index is -4.44. The lowest BCUT2D eigenvalue weighted by Crippen LogP contribution is -2.35. The summed E-state index contributed by atoms with van der Waals surface area (Å²) in [5.74, 6) is 0.276. The molecule has 28 heavy (non-hydrogen) atoms. The Kier molecular flexibility index (Phi) is 8.74. The van der Waals surface area contributed by atoms with Gasteiger partial charge in [-0.3, -0.25) is 0 Å². The number of rotatable bonds is 8. The van der Waals surface area contributed by atoms with Gasteiger partial charge in [0.1, 0.15) is 12.4 Å². The largest absolute Gasteiger partial charge is 0.408 e. The number of aromatic nitrogens is 2. The molecule has 0 aliphatic carbocycles. The van der Waals surface area contributed by atoms with Gasteiger partial charge in [-0.05, 0) is 12.5 Å². The maximum Gasteiger partial charge on any atom is 0.408 e. The summed E-state index contributed by atoms with van der Waals surface area (Å²) in [7, 11) is -1.95. The van der Waals surface area contributed by atoms with E-state index in [0.717, 1.165) is 6.26 Å². The van der Waals surface area contributed by atoms with E-state index in [1.54, 1.807) is 7.05 Å². The molecule has 0 aliphatic rings. The van der Waals surface area contributed by atoms with Gasteiger partial charge in [-0.15, -0.1) is 4.40 Å². The Bertz CT molecular complexity index is 814. The molecule has 0 aromatic carbocycles. The Morgan fingerprint density at radius 1 is 1.39 bits per heavy atom. The SMILES string of the molecule is CN(CCCSc1nccc(NC(N)=NCC(F)(F)F)n1)C(N)=NS(C)(=O)=O. The fraction of sp³-hybridized carbons (Fsp3) is 0.538. The fourth-order valence-electron chi connectivity index (χ4n) is 1.64. The minimum absolute atomic E-state index is 0.108. The second kappa shape index (κ2) is 10.3. The number of nitrogens with one attached hydrogen (secondary N) is 1. The predicted octanol–water partition coefficient (Wildman–Crippen LogP) is 0.454. The normalized spacial score (nSPS) is 13.5. The Morgan fingerprint density at radius 2 is 2.07 bits per heavy atom. The summed E-state index contributed by atoms with van der Waals surface area (Å²) in [6.07, 6.45) is -1.45. The van der Waals surface area contributed by atoms with Crippen LogP contribution in [-0.4, -0.2) is 73.5 Å². The van der Waals surface area contributed by atoms with Gasteiger partial charge in [-0.1, -0.05) is 11.8 Å². The number of alkyl halides is 3. The van der Waals surface area contributed by atoms with Crippen molar-refractivity contribution in [1.29, 1.82) is 0 Å². The van der Waals surface area contributed by atoms with E-state index in [0.29, 0.717) is 23.9 Å². The van der Waals surface area contributed by atoms with Gasteiger partial charge in [0, 0.05) is 25.5 Å². The first-order chi connectivity index (χ1) is 12.9. The third-order valence-corrected chi connectivity index (χ3v) is 4.30. The highest BCUT2D eigenvalue weighted by Gasteiger charge is 2.26. The summed E-state index contributed by atoms with van der Waals surface area (Å²) in [4.78, 5) is 12.8. The molecule has 0 unspecified atom stereocenters. The number of nitrogens with zero attached hydrogens (tertiary/aromatic N) is 5. The van der Waals surface area contributed by atoms with Gasteiger partial charge in [-0.25, -0.2) is 23.4 Å². The number of thioether (sulfide) groups is 1. The molecule has 0 spiro atoms. The van der Waals surface area contributed by atoms with Crippen molar-refractivity contribution in [2.24, 2.45) is 20.9 Å². The molecule has 0 saturated heterocycles. The van der Waals surface area contributed by atoms with E-state index >= 15 is 0 Å². The Morgan fingerprint density at radius 3 is 2.68 bits per heavy atom. The van der Waals surface area contributed by atoms with Crippen LogP contribution < -0.4 is 16.8 Å². The molecule has 158 valence electrons. The van der Waals surface area contributed by atoms with Gasteiger partial charge in [0.2, 0.25) is 5.96 Å². The number of aliphatic imine (C=N–C) groups is 1. The quantitative estimate of drug-likeness (QED) is 0.171. The molecule has 1 aromatic rings. The number of nitrogens with two attached hydrogens (primary N) is 2. The maximum atomic E-state index is 12.1. The van der Waals surface area contributed by atoms with Crippen LogP contribution in [0, 0.1) is 0 Å². The molecular weight excluding hydrogens is 421 g/mol. The first-order valence-electron chi connectivity index (χ1n) is 7.72. The van der Waals surface area contributed by atoms with E-state index in [4.69, 9.17) is 11.5 Å². The first-order valence-corrected chi connectivity index (χ1v) is 10.6.